The largest absolute Gasteiger partial charge is 0.197 e. The Morgan fingerprint density at radius 3 is 2.00 bits per heavy atom. The number of hydrogen-bond donors (Lipinski definition) is 0. The van der Waals surface area contributed by atoms with Crippen molar-refractivity contribution < 1.29 is 0 Å². The van der Waals surface area contributed by atoms with E-state index in [-0.39, 0.29) is 0 Å². The lowest BCUT2D eigenvalue weighted by atomic mass is 9.48. The van der Waals surface area contributed by atoms with E-state index in [0.29, 0.717) is 15.5 Å². The number of nitrogens with zero attached hydrogens (tertiary/aromatic N) is 1. The molecule has 0 radical (unpaired) electrons. The minimum absolute atomic E-state index is 0.307. The van der Waals surface area contributed by atoms with Crippen LogP contribution in [0, 0.1) is 16.7 Å². The van der Waals surface area contributed by atoms with Crippen molar-refractivity contribution in [1.82, 2.24) is 0 Å². The first-order valence-corrected chi connectivity index (χ1v) is 8.14. The summed E-state index contributed by atoms with van der Waals surface area (Å²) in [6.07, 6.45) is 6.48. The minimum Gasteiger partial charge on any atom is -0.197 e. The predicted molar refractivity (Wildman–Crippen MR) is 85.2 cm³/mol. The Hall–Kier alpha value is -0.710. The summed E-state index contributed by atoms with van der Waals surface area (Å²) < 4.78 is 0. The average Bonchev–Trinajstić information content (AvgIpc) is 2.36. The van der Waals surface area contributed by atoms with Gasteiger partial charge in [-0.05, 0) is 43.2 Å². The highest BCUT2D eigenvalue weighted by atomic mass is 35.5. The van der Waals surface area contributed by atoms with Crippen LogP contribution in [-0.4, -0.2) is 0 Å². The fourth-order valence-electron chi connectivity index (χ4n) is 4.03. The molecule has 3 heteroatoms. The lowest BCUT2D eigenvalue weighted by Gasteiger charge is -2.54. The van der Waals surface area contributed by atoms with Crippen LogP contribution in [0.5, 0.6) is 0 Å². The topological polar surface area (TPSA) is 23.8 Å². The molecule has 0 aliphatic heterocycles. The summed E-state index contributed by atoms with van der Waals surface area (Å²) in [5, 5.41) is 11.0. The van der Waals surface area contributed by atoms with Crippen LogP contribution in [0.2, 0.25) is 10.0 Å². The molecule has 0 aromatic heterocycles. The molecule has 1 aliphatic rings. The number of halogens is 2. The molecule has 20 heavy (non-hydrogen) atoms. The molecule has 0 spiro atoms. The van der Waals surface area contributed by atoms with Crippen LogP contribution >= 0.6 is 23.2 Å². The summed E-state index contributed by atoms with van der Waals surface area (Å²) in [4.78, 5) is 0. The highest BCUT2D eigenvalue weighted by molar-refractivity contribution is 6.36. The molecule has 1 aromatic rings. The van der Waals surface area contributed by atoms with Gasteiger partial charge in [0.2, 0.25) is 0 Å². The average molecular weight is 310 g/mol. The summed E-state index contributed by atoms with van der Waals surface area (Å²) in [5.41, 5.74) is 0.662. The van der Waals surface area contributed by atoms with Crippen LogP contribution in [0.3, 0.4) is 0 Å². The van der Waals surface area contributed by atoms with Crippen LogP contribution in [0.25, 0.3) is 0 Å². The highest BCUT2D eigenvalue weighted by Crippen LogP contribution is 2.61. The van der Waals surface area contributed by atoms with Gasteiger partial charge in [-0.3, -0.25) is 0 Å². The molecule has 1 aromatic carbocycles. The summed E-state index contributed by atoms with van der Waals surface area (Å²) in [6.45, 7) is 4.43. The molecule has 0 unspecified atom stereocenters. The molecule has 1 nitrogen and oxygen atoms in total. The van der Waals surface area contributed by atoms with E-state index in [4.69, 9.17) is 23.2 Å². The van der Waals surface area contributed by atoms with Crippen molar-refractivity contribution in [2.45, 2.75) is 57.8 Å². The third-order valence-electron chi connectivity index (χ3n) is 4.57. The van der Waals surface area contributed by atoms with Crippen LogP contribution in [0.1, 0.15) is 57.9 Å². The van der Waals surface area contributed by atoms with E-state index in [2.05, 4.69) is 19.9 Å². The van der Waals surface area contributed by atoms with E-state index in [1.54, 1.807) is 0 Å². The summed E-state index contributed by atoms with van der Waals surface area (Å²) in [6, 6.07) is 8.02. The van der Waals surface area contributed by atoms with Gasteiger partial charge < -0.3 is 0 Å². The maximum absolute atomic E-state index is 9.74. The Bertz CT molecular complexity index is 496. The first kappa shape index (κ1) is 15.7. The normalized spacial score (nSPS) is 19.1. The van der Waals surface area contributed by atoms with Crippen LogP contribution in [0.15, 0.2) is 18.2 Å². The first-order chi connectivity index (χ1) is 9.52. The third kappa shape index (κ3) is 2.57. The van der Waals surface area contributed by atoms with Gasteiger partial charge in [0, 0.05) is 15.6 Å². The van der Waals surface area contributed by atoms with Gasteiger partial charge in [-0.2, -0.15) is 5.26 Å². The summed E-state index contributed by atoms with van der Waals surface area (Å²) >= 11 is 12.6. The molecule has 0 atom stereocenters. The van der Waals surface area contributed by atoms with Crippen molar-refractivity contribution in [3.05, 3.63) is 33.8 Å². The van der Waals surface area contributed by atoms with Crippen molar-refractivity contribution in [1.29, 1.82) is 5.26 Å². The van der Waals surface area contributed by atoms with E-state index in [1.165, 1.54) is 12.8 Å². The van der Waals surface area contributed by atoms with Crippen molar-refractivity contribution in [2.24, 2.45) is 5.41 Å². The van der Waals surface area contributed by atoms with Crippen molar-refractivity contribution in [3.8, 4) is 6.07 Å². The smallest absolute Gasteiger partial charge is 0.0861 e. The second kappa shape index (κ2) is 5.96. The Labute approximate surface area is 131 Å². The molecule has 0 amide bonds. The zero-order valence-corrected chi connectivity index (χ0v) is 13.7. The maximum Gasteiger partial charge on any atom is 0.0861 e. The van der Waals surface area contributed by atoms with E-state index in [9.17, 15) is 5.26 Å². The van der Waals surface area contributed by atoms with E-state index in [0.717, 1.165) is 31.2 Å². The fourth-order valence-corrected chi connectivity index (χ4v) is 4.79. The van der Waals surface area contributed by atoms with Gasteiger partial charge in [0.1, 0.15) is 0 Å². The molecular weight excluding hydrogens is 289 g/mol. The lowest BCUT2D eigenvalue weighted by molar-refractivity contribution is 0.0359. The number of hydrogen-bond acceptors (Lipinski definition) is 1. The number of nitriles is 1. The van der Waals surface area contributed by atoms with E-state index in [1.807, 2.05) is 18.2 Å². The molecule has 0 saturated heterocycles. The standard InChI is InChI=1S/C17H21Cl2N/c1-3-8-16(9-4-2)10-17(11-16,12-20)15-13(18)6-5-7-14(15)19/h5-7H,3-4,8-11H2,1-2H3. The van der Waals surface area contributed by atoms with Crippen molar-refractivity contribution in [3.63, 3.8) is 0 Å². The van der Waals surface area contributed by atoms with Gasteiger partial charge >= 0.3 is 0 Å². The minimum atomic E-state index is -0.486. The molecule has 2 rings (SSSR count). The number of benzene rings is 1. The second-order valence-corrected chi connectivity index (χ2v) is 6.96. The molecule has 0 N–H and O–H groups in total. The zero-order chi connectivity index (χ0) is 14.8. The van der Waals surface area contributed by atoms with Gasteiger partial charge in [-0.15, -0.1) is 0 Å². The molecule has 0 heterocycles. The Balaban J connectivity index is 2.34. The molecule has 1 saturated carbocycles. The Morgan fingerprint density at radius 1 is 1.10 bits per heavy atom. The van der Waals surface area contributed by atoms with Crippen LogP contribution in [0.4, 0.5) is 0 Å². The maximum atomic E-state index is 9.74. The Kier molecular flexibility index (Phi) is 4.67. The van der Waals surface area contributed by atoms with Gasteiger partial charge in [-0.25, -0.2) is 0 Å². The fraction of sp³-hybridized carbons (Fsp3) is 0.588. The zero-order valence-electron chi connectivity index (χ0n) is 12.2. The van der Waals surface area contributed by atoms with Crippen molar-refractivity contribution in [2.75, 3.05) is 0 Å². The first-order valence-electron chi connectivity index (χ1n) is 7.38. The number of rotatable bonds is 5. The van der Waals surface area contributed by atoms with Crippen LogP contribution < -0.4 is 0 Å². The Morgan fingerprint density at radius 2 is 1.60 bits per heavy atom. The lowest BCUT2D eigenvalue weighted by Crippen LogP contribution is -2.49. The predicted octanol–water partition coefficient (Wildman–Crippen LogP) is 6.14. The second-order valence-electron chi connectivity index (χ2n) is 6.14. The molecule has 0 bridgehead atoms. The SMILES string of the molecule is CCCC1(CCC)CC(C#N)(c2c(Cl)cccc2Cl)C1. The third-order valence-corrected chi connectivity index (χ3v) is 5.20. The van der Waals surface area contributed by atoms with Gasteiger partial charge in [-0.1, -0.05) is 56.0 Å². The molecular formula is C17H21Cl2N. The molecule has 1 aliphatic carbocycles. The van der Waals surface area contributed by atoms with Crippen LogP contribution in [-0.2, 0) is 5.41 Å². The summed E-state index contributed by atoms with van der Waals surface area (Å²) in [5.74, 6) is 0. The molecule has 1 fully saturated rings. The van der Waals surface area contributed by atoms with Gasteiger partial charge in [0.05, 0.1) is 11.5 Å². The van der Waals surface area contributed by atoms with Crippen molar-refractivity contribution >= 4 is 23.2 Å². The molecule has 108 valence electrons. The highest BCUT2D eigenvalue weighted by Gasteiger charge is 2.56. The monoisotopic (exact) mass is 309 g/mol. The van der Waals surface area contributed by atoms with E-state index < -0.39 is 5.41 Å². The quantitative estimate of drug-likeness (QED) is 0.641. The van der Waals surface area contributed by atoms with Gasteiger partial charge in [0.15, 0.2) is 0 Å². The van der Waals surface area contributed by atoms with E-state index >= 15 is 0 Å². The van der Waals surface area contributed by atoms with Gasteiger partial charge in [0.25, 0.3) is 0 Å². The summed E-state index contributed by atoms with van der Waals surface area (Å²) in [7, 11) is 0.